The zero-order valence-electron chi connectivity index (χ0n) is 18.8. The molecule has 0 bridgehead atoms. The highest BCUT2D eigenvalue weighted by molar-refractivity contribution is 7.11. The molecule has 12 heteroatoms. The second kappa shape index (κ2) is 12.3. The van der Waals surface area contributed by atoms with Crippen LogP contribution in [-0.2, 0) is 6.61 Å². The molecule has 2 amide bonds. The van der Waals surface area contributed by atoms with Gasteiger partial charge >= 0.3 is 12.0 Å². The predicted octanol–water partition coefficient (Wildman–Crippen LogP) is 5.08. The lowest BCUT2D eigenvalue weighted by molar-refractivity contribution is 0.0693. The minimum Gasteiger partial charge on any atom is -0.477 e. The van der Waals surface area contributed by atoms with Gasteiger partial charge in [0.2, 0.25) is 5.88 Å². The second-order valence-electron chi connectivity index (χ2n) is 8.09. The van der Waals surface area contributed by atoms with Crippen molar-refractivity contribution in [3.63, 3.8) is 0 Å². The number of carbonyl (C=O) groups excluding carboxylic acids is 1. The van der Waals surface area contributed by atoms with Crippen LogP contribution in [0.4, 0.5) is 18.6 Å². The van der Waals surface area contributed by atoms with E-state index in [4.69, 9.17) is 16.3 Å². The summed E-state index contributed by atoms with van der Waals surface area (Å²) >= 11 is 6.32. The Balaban J connectivity index is 1.55. The summed E-state index contributed by atoms with van der Waals surface area (Å²) in [6.45, 7) is 3.17. The molecule has 2 aromatic rings. The highest BCUT2D eigenvalue weighted by atomic mass is 35.5. The quantitative estimate of drug-likeness (QED) is 0.427. The monoisotopic (exact) mass is 516 g/mol. The number of benzene rings is 1. The lowest BCUT2D eigenvalue weighted by atomic mass is 10.1. The average molecular weight is 517 g/mol. The summed E-state index contributed by atoms with van der Waals surface area (Å²) in [6.07, 6.45) is 5.55. The molecule has 1 aromatic carbocycles. The molecule has 0 saturated carbocycles. The van der Waals surface area contributed by atoms with Crippen molar-refractivity contribution in [2.75, 3.05) is 38.5 Å². The van der Waals surface area contributed by atoms with Gasteiger partial charge in [-0.05, 0) is 69.0 Å². The van der Waals surface area contributed by atoms with Crippen LogP contribution in [0.5, 0.6) is 5.88 Å². The first kappa shape index (κ1) is 26.1. The molecule has 0 aliphatic carbocycles. The minimum atomic E-state index is -1.39. The summed E-state index contributed by atoms with van der Waals surface area (Å²) in [5.74, 6) is -3.58. The summed E-state index contributed by atoms with van der Waals surface area (Å²) in [5.41, 5.74) is -0.796. The number of hydrogen-bond donors (Lipinski definition) is 2. The molecular weight excluding hydrogens is 490 g/mol. The number of anilines is 1. The van der Waals surface area contributed by atoms with Gasteiger partial charge in [-0.15, -0.1) is 0 Å². The van der Waals surface area contributed by atoms with Gasteiger partial charge in [0.15, 0.2) is 5.56 Å². The number of rotatable bonds is 10. The lowest BCUT2D eigenvalue weighted by Gasteiger charge is -2.26. The fraction of sp³-hybridized carbons (Fsp3) is 0.500. The zero-order chi connectivity index (χ0) is 24.7. The molecular formula is C22H27ClF2N4O4S. The molecule has 34 heavy (non-hydrogen) atoms. The van der Waals surface area contributed by atoms with E-state index < -0.39 is 35.8 Å². The maximum atomic E-state index is 14.0. The number of ether oxygens (including phenoxy) is 1. The van der Waals surface area contributed by atoms with E-state index in [2.05, 4.69) is 14.6 Å². The second-order valence-corrected chi connectivity index (χ2v) is 9.30. The van der Waals surface area contributed by atoms with Gasteiger partial charge in [0.25, 0.3) is 0 Å². The third-order valence-corrected chi connectivity index (χ3v) is 6.53. The molecule has 186 valence electrons. The van der Waals surface area contributed by atoms with E-state index in [1.807, 2.05) is 0 Å². The van der Waals surface area contributed by atoms with E-state index in [1.165, 1.54) is 24.2 Å². The van der Waals surface area contributed by atoms with Crippen LogP contribution in [0.3, 0.4) is 0 Å². The van der Waals surface area contributed by atoms with Crippen molar-refractivity contribution in [2.45, 2.75) is 38.7 Å². The SMILES string of the molecule is CN(CCCCN1CCCCC1)C(=O)Nc1snc(OCc2c(F)cc(Cl)cc2F)c1C(=O)O. The molecule has 0 spiro atoms. The van der Waals surface area contributed by atoms with E-state index in [1.54, 1.807) is 7.05 Å². The van der Waals surface area contributed by atoms with Gasteiger partial charge in [-0.3, -0.25) is 5.32 Å². The molecule has 0 unspecified atom stereocenters. The van der Waals surface area contributed by atoms with Crippen LogP contribution < -0.4 is 10.1 Å². The van der Waals surface area contributed by atoms with Crippen LogP contribution >= 0.6 is 23.1 Å². The molecule has 3 rings (SSSR count). The van der Waals surface area contributed by atoms with Crippen molar-refractivity contribution in [2.24, 2.45) is 0 Å². The van der Waals surface area contributed by atoms with E-state index in [0.29, 0.717) is 18.1 Å². The van der Waals surface area contributed by atoms with Gasteiger partial charge in [-0.25, -0.2) is 18.4 Å². The van der Waals surface area contributed by atoms with Gasteiger partial charge in [-0.2, -0.15) is 4.37 Å². The van der Waals surface area contributed by atoms with Crippen LogP contribution in [0, 0.1) is 11.6 Å². The minimum absolute atomic E-state index is 0.0234. The van der Waals surface area contributed by atoms with Gasteiger partial charge in [0.1, 0.15) is 23.2 Å². The fourth-order valence-electron chi connectivity index (χ4n) is 3.66. The molecule has 1 saturated heterocycles. The van der Waals surface area contributed by atoms with Crippen LogP contribution in [0.25, 0.3) is 0 Å². The third kappa shape index (κ3) is 7.00. The lowest BCUT2D eigenvalue weighted by Crippen LogP contribution is -2.33. The largest absolute Gasteiger partial charge is 0.477 e. The highest BCUT2D eigenvalue weighted by Gasteiger charge is 2.25. The topological polar surface area (TPSA) is 95.0 Å². The molecule has 2 N–H and O–H groups in total. The number of unbranched alkanes of at least 4 members (excludes halogenated alkanes) is 1. The van der Waals surface area contributed by atoms with E-state index in [0.717, 1.165) is 44.6 Å². The Morgan fingerprint density at radius 2 is 1.91 bits per heavy atom. The Labute approximate surface area is 205 Å². The fourth-order valence-corrected chi connectivity index (χ4v) is 4.57. The molecule has 1 aliphatic rings. The number of urea groups is 1. The third-order valence-electron chi connectivity index (χ3n) is 5.57. The van der Waals surface area contributed by atoms with Crippen molar-refractivity contribution in [1.29, 1.82) is 0 Å². The maximum absolute atomic E-state index is 14.0. The van der Waals surface area contributed by atoms with Crippen LogP contribution in [0.2, 0.25) is 5.02 Å². The van der Waals surface area contributed by atoms with E-state index in [9.17, 15) is 23.5 Å². The summed E-state index contributed by atoms with van der Waals surface area (Å²) < 4.78 is 37.1. The normalized spacial score (nSPS) is 14.1. The molecule has 0 radical (unpaired) electrons. The zero-order valence-corrected chi connectivity index (χ0v) is 20.4. The standard InChI is InChI=1S/C22H27ClF2N4O4S/c1-28(7-5-6-10-29-8-3-2-4-9-29)22(32)26-20-18(21(30)31)19(27-34-20)33-13-15-16(24)11-14(23)12-17(15)25/h11-12H,2-10,13H2,1H3,(H,26,32)(H,30,31). The number of carboxylic acid groups (broad SMARTS) is 1. The summed E-state index contributed by atoms with van der Waals surface area (Å²) in [5, 5.41) is 12.0. The summed E-state index contributed by atoms with van der Waals surface area (Å²) in [6, 6.07) is 1.37. The van der Waals surface area contributed by atoms with Crippen LogP contribution in [-0.4, -0.2) is 64.5 Å². The van der Waals surface area contributed by atoms with Gasteiger partial charge in [0.05, 0.1) is 5.56 Å². The Morgan fingerprint density at radius 1 is 1.24 bits per heavy atom. The number of nitrogens with zero attached hydrogens (tertiary/aromatic N) is 3. The van der Waals surface area contributed by atoms with Crippen molar-refractivity contribution in [1.82, 2.24) is 14.2 Å². The van der Waals surface area contributed by atoms with Gasteiger partial charge < -0.3 is 19.6 Å². The number of carbonyl (C=O) groups is 2. The first-order valence-electron chi connectivity index (χ1n) is 11.0. The highest BCUT2D eigenvalue weighted by Crippen LogP contribution is 2.32. The number of aromatic carboxylic acids is 1. The maximum Gasteiger partial charge on any atom is 0.344 e. The molecule has 1 aromatic heterocycles. The summed E-state index contributed by atoms with van der Waals surface area (Å²) in [7, 11) is 1.63. The Kier molecular flexibility index (Phi) is 9.43. The number of piperidine rings is 1. The molecule has 1 aliphatic heterocycles. The Morgan fingerprint density at radius 3 is 2.56 bits per heavy atom. The molecule has 1 fully saturated rings. The summed E-state index contributed by atoms with van der Waals surface area (Å²) in [4.78, 5) is 28.2. The number of carboxylic acids is 1. The molecule has 0 atom stereocenters. The van der Waals surface area contributed by atoms with Crippen molar-refractivity contribution in [3.05, 3.63) is 39.9 Å². The van der Waals surface area contributed by atoms with Crippen molar-refractivity contribution >= 4 is 40.1 Å². The number of likely N-dealkylation sites (tertiary alicyclic amines) is 1. The number of amides is 2. The Hall–Kier alpha value is -2.50. The number of nitrogens with one attached hydrogen (secondary N) is 1. The first-order valence-corrected chi connectivity index (χ1v) is 12.1. The van der Waals surface area contributed by atoms with Crippen LogP contribution in [0.1, 0.15) is 48.0 Å². The van der Waals surface area contributed by atoms with Gasteiger partial charge in [-0.1, -0.05) is 18.0 Å². The first-order chi connectivity index (χ1) is 16.3. The van der Waals surface area contributed by atoms with E-state index in [-0.39, 0.29) is 21.5 Å². The van der Waals surface area contributed by atoms with Gasteiger partial charge in [0, 0.05) is 18.6 Å². The molecule has 8 nitrogen and oxygen atoms in total. The number of hydrogen-bond acceptors (Lipinski definition) is 6. The van der Waals surface area contributed by atoms with Crippen molar-refractivity contribution in [3.8, 4) is 5.88 Å². The average Bonchev–Trinajstić information content (AvgIpc) is 3.19. The van der Waals surface area contributed by atoms with Crippen LogP contribution in [0.15, 0.2) is 12.1 Å². The molecule has 2 heterocycles. The smallest absolute Gasteiger partial charge is 0.344 e. The number of aromatic nitrogens is 1. The Bertz CT molecular complexity index is 994. The predicted molar refractivity (Wildman–Crippen MR) is 126 cm³/mol. The number of halogens is 3. The van der Waals surface area contributed by atoms with E-state index >= 15 is 0 Å². The van der Waals surface area contributed by atoms with Crippen molar-refractivity contribution < 1.29 is 28.2 Å².